The summed E-state index contributed by atoms with van der Waals surface area (Å²) in [7, 11) is 0. The van der Waals surface area contributed by atoms with Gasteiger partial charge in [0.1, 0.15) is 0 Å². The molecule has 1 aromatic rings. The predicted octanol–water partition coefficient (Wildman–Crippen LogP) is 4.08. The topological polar surface area (TPSA) is 17.1 Å². The van der Waals surface area contributed by atoms with Gasteiger partial charge in [0.15, 0.2) is 5.78 Å². The number of ketones is 1. The van der Waals surface area contributed by atoms with Crippen molar-refractivity contribution in [1.82, 2.24) is 0 Å². The molecule has 0 N–H and O–H groups in total. The van der Waals surface area contributed by atoms with Crippen molar-refractivity contribution in [3.05, 3.63) is 47.5 Å². The average molecular weight is 228 g/mol. The molecule has 1 nitrogen and oxygen atoms in total. The fraction of sp³-hybridized carbons (Fsp3) is 0.438. The maximum absolute atomic E-state index is 11.5. The third kappa shape index (κ3) is 4.18. The normalized spacial score (nSPS) is 16.5. The smallest absolute Gasteiger partial charge is 0.155 e. The molecule has 0 amide bonds. The Morgan fingerprint density at radius 3 is 2.53 bits per heavy atom. The van der Waals surface area contributed by atoms with Crippen LogP contribution in [0.3, 0.4) is 0 Å². The number of carbonyl (C=O) groups is 1. The second-order valence-electron chi connectivity index (χ2n) is 4.82. The first-order valence-electron chi connectivity index (χ1n) is 6.61. The lowest BCUT2D eigenvalue weighted by Crippen LogP contribution is -1.92. The van der Waals surface area contributed by atoms with E-state index in [1.54, 1.807) is 0 Å². The molecule has 1 aliphatic rings. The maximum Gasteiger partial charge on any atom is 0.155 e. The minimum Gasteiger partial charge on any atom is -0.295 e. The summed E-state index contributed by atoms with van der Waals surface area (Å²) in [5.74, 6) is 0.331. The van der Waals surface area contributed by atoms with E-state index in [0.29, 0.717) is 5.78 Å². The van der Waals surface area contributed by atoms with Crippen molar-refractivity contribution in [1.29, 1.82) is 0 Å². The third-order valence-electron chi connectivity index (χ3n) is 3.34. The highest BCUT2D eigenvalue weighted by Gasteiger charge is 2.07. The molecule has 0 radical (unpaired) electrons. The monoisotopic (exact) mass is 228 g/mol. The lowest BCUT2D eigenvalue weighted by molar-refractivity contribution is -0.114. The van der Waals surface area contributed by atoms with E-state index in [-0.39, 0.29) is 0 Å². The van der Waals surface area contributed by atoms with Crippen LogP contribution in [0.15, 0.2) is 42.0 Å². The zero-order valence-corrected chi connectivity index (χ0v) is 10.3. The Balaban J connectivity index is 1.80. The van der Waals surface area contributed by atoms with E-state index in [1.807, 2.05) is 6.08 Å². The van der Waals surface area contributed by atoms with Crippen LogP contribution in [0.1, 0.15) is 44.1 Å². The first-order valence-corrected chi connectivity index (χ1v) is 6.61. The molecule has 0 aromatic heterocycles. The molecular formula is C16H20O. The number of hydrogen-bond acceptors (Lipinski definition) is 1. The highest BCUT2D eigenvalue weighted by molar-refractivity contribution is 5.90. The van der Waals surface area contributed by atoms with E-state index >= 15 is 0 Å². The van der Waals surface area contributed by atoms with Crippen molar-refractivity contribution in [2.45, 2.75) is 44.9 Å². The van der Waals surface area contributed by atoms with Gasteiger partial charge in [-0.05, 0) is 50.2 Å². The van der Waals surface area contributed by atoms with Gasteiger partial charge in [-0.25, -0.2) is 0 Å². The summed E-state index contributed by atoms with van der Waals surface area (Å²) in [6.07, 6.45) is 9.39. The second-order valence-corrected chi connectivity index (χ2v) is 4.82. The van der Waals surface area contributed by atoms with Crippen LogP contribution >= 0.6 is 0 Å². The van der Waals surface area contributed by atoms with Gasteiger partial charge in [0.2, 0.25) is 0 Å². The fourth-order valence-corrected chi connectivity index (χ4v) is 2.38. The van der Waals surface area contributed by atoms with E-state index < -0.39 is 0 Å². The largest absolute Gasteiger partial charge is 0.295 e. The summed E-state index contributed by atoms with van der Waals surface area (Å²) < 4.78 is 0. The fourth-order valence-electron chi connectivity index (χ4n) is 2.38. The molecule has 0 bridgehead atoms. The number of aryl methyl sites for hydroxylation is 1. The van der Waals surface area contributed by atoms with E-state index in [2.05, 4.69) is 30.3 Å². The molecule has 90 valence electrons. The van der Waals surface area contributed by atoms with Gasteiger partial charge in [-0.3, -0.25) is 4.79 Å². The Bertz CT molecular complexity index is 389. The van der Waals surface area contributed by atoms with Gasteiger partial charge in [-0.15, -0.1) is 0 Å². The minimum atomic E-state index is 0.331. The van der Waals surface area contributed by atoms with Crippen molar-refractivity contribution in [3.8, 4) is 0 Å². The molecule has 0 unspecified atom stereocenters. The first-order chi connectivity index (χ1) is 8.34. The average Bonchev–Trinajstić information content (AvgIpc) is 2.55. The summed E-state index contributed by atoms with van der Waals surface area (Å²) in [5.41, 5.74) is 2.76. The van der Waals surface area contributed by atoms with Crippen LogP contribution in [0.5, 0.6) is 0 Å². The van der Waals surface area contributed by atoms with Crippen LogP contribution in [0.4, 0.5) is 0 Å². The SMILES string of the molecule is O=C1C=C(CCCc2ccccc2)CCCC1. The number of carbonyl (C=O) groups excluding carboxylic acids is 1. The van der Waals surface area contributed by atoms with E-state index in [9.17, 15) is 4.79 Å². The first kappa shape index (κ1) is 12.1. The third-order valence-corrected chi connectivity index (χ3v) is 3.34. The van der Waals surface area contributed by atoms with Gasteiger partial charge in [0, 0.05) is 6.42 Å². The van der Waals surface area contributed by atoms with Crippen molar-refractivity contribution in [2.24, 2.45) is 0 Å². The maximum atomic E-state index is 11.5. The van der Waals surface area contributed by atoms with Crippen molar-refractivity contribution in [2.75, 3.05) is 0 Å². The molecule has 0 fully saturated rings. The molecule has 2 rings (SSSR count). The molecule has 0 saturated carbocycles. The summed E-state index contributed by atoms with van der Waals surface area (Å²) in [5, 5.41) is 0. The van der Waals surface area contributed by atoms with Gasteiger partial charge in [-0.2, -0.15) is 0 Å². The van der Waals surface area contributed by atoms with Crippen LogP contribution < -0.4 is 0 Å². The Kier molecular flexibility index (Phi) is 4.54. The van der Waals surface area contributed by atoms with Crippen molar-refractivity contribution in [3.63, 3.8) is 0 Å². The summed E-state index contributed by atoms with van der Waals surface area (Å²) in [6.45, 7) is 0. The van der Waals surface area contributed by atoms with Crippen LogP contribution in [0.2, 0.25) is 0 Å². The molecule has 17 heavy (non-hydrogen) atoms. The number of hydrogen-bond donors (Lipinski definition) is 0. The Labute approximate surface area is 104 Å². The highest BCUT2D eigenvalue weighted by atomic mass is 16.1. The van der Waals surface area contributed by atoms with Crippen LogP contribution in [0, 0.1) is 0 Å². The lowest BCUT2D eigenvalue weighted by atomic mass is 10.0. The summed E-state index contributed by atoms with van der Waals surface area (Å²) in [4.78, 5) is 11.5. The molecule has 0 saturated heterocycles. The van der Waals surface area contributed by atoms with Gasteiger partial charge in [0.05, 0.1) is 0 Å². The molecular weight excluding hydrogens is 208 g/mol. The number of allylic oxidation sites excluding steroid dienone is 2. The molecule has 0 aliphatic heterocycles. The molecule has 0 heterocycles. The Hall–Kier alpha value is -1.37. The zero-order chi connectivity index (χ0) is 11.9. The van der Waals surface area contributed by atoms with Crippen LogP contribution in [-0.2, 0) is 11.2 Å². The van der Waals surface area contributed by atoms with Crippen LogP contribution in [0.25, 0.3) is 0 Å². The Morgan fingerprint density at radius 1 is 0.941 bits per heavy atom. The van der Waals surface area contributed by atoms with Crippen molar-refractivity contribution >= 4 is 5.78 Å². The standard InChI is InChI=1S/C16H20O/c17-16-12-5-4-9-15(13-16)11-6-10-14-7-2-1-3-8-14/h1-3,7-8,13H,4-6,9-12H2. The molecule has 1 aliphatic carbocycles. The number of benzene rings is 1. The van der Waals surface area contributed by atoms with E-state index in [0.717, 1.165) is 38.5 Å². The van der Waals surface area contributed by atoms with Crippen LogP contribution in [-0.4, -0.2) is 5.78 Å². The second kappa shape index (κ2) is 6.39. The van der Waals surface area contributed by atoms with Gasteiger partial charge < -0.3 is 0 Å². The zero-order valence-electron chi connectivity index (χ0n) is 10.3. The number of rotatable bonds is 4. The summed E-state index contributed by atoms with van der Waals surface area (Å²) >= 11 is 0. The lowest BCUT2D eigenvalue weighted by Gasteiger charge is -2.05. The van der Waals surface area contributed by atoms with Gasteiger partial charge >= 0.3 is 0 Å². The van der Waals surface area contributed by atoms with Gasteiger partial charge in [0.25, 0.3) is 0 Å². The van der Waals surface area contributed by atoms with E-state index in [1.165, 1.54) is 17.6 Å². The van der Waals surface area contributed by atoms with Gasteiger partial charge in [-0.1, -0.05) is 35.9 Å². The summed E-state index contributed by atoms with van der Waals surface area (Å²) in [6, 6.07) is 10.6. The van der Waals surface area contributed by atoms with Crippen molar-refractivity contribution < 1.29 is 4.79 Å². The molecule has 0 spiro atoms. The molecule has 0 atom stereocenters. The predicted molar refractivity (Wildman–Crippen MR) is 70.9 cm³/mol. The molecule has 1 heteroatoms. The minimum absolute atomic E-state index is 0.331. The highest BCUT2D eigenvalue weighted by Crippen LogP contribution is 2.20. The quantitative estimate of drug-likeness (QED) is 0.759. The Morgan fingerprint density at radius 2 is 1.71 bits per heavy atom. The van der Waals surface area contributed by atoms with E-state index in [4.69, 9.17) is 0 Å². The molecule has 1 aromatic carbocycles.